The van der Waals surface area contributed by atoms with Crippen molar-refractivity contribution in [2.24, 2.45) is 0 Å². The number of amides is 2. The normalized spacial score (nSPS) is 11.7. The maximum atomic E-state index is 12.7. The Morgan fingerprint density at radius 2 is 1.91 bits per heavy atom. The van der Waals surface area contributed by atoms with Crippen LogP contribution in [-0.4, -0.2) is 32.3 Å². The summed E-state index contributed by atoms with van der Waals surface area (Å²) in [5.74, 6) is 0.130. The summed E-state index contributed by atoms with van der Waals surface area (Å²) < 4.78 is 2.63. The van der Waals surface area contributed by atoms with Gasteiger partial charge in [-0.25, -0.2) is 0 Å². The largest absolute Gasteiger partial charge is 0.342 e. The number of aryl methyl sites for hydroxylation is 2. The van der Waals surface area contributed by atoms with Crippen molar-refractivity contribution in [3.8, 4) is 0 Å². The zero-order valence-electron chi connectivity index (χ0n) is 19.4. The Morgan fingerprint density at radius 3 is 2.60 bits per heavy atom. The first-order valence-corrected chi connectivity index (χ1v) is 13.1. The Kier molecular flexibility index (Phi) is 9.40. The number of anilines is 1. The van der Waals surface area contributed by atoms with Crippen LogP contribution in [0.15, 0.2) is 52.6 Å². The van der Waals surface area contributed by atoms with Gasteiger partial charge in [-0.2, -0.15) is 0 Å². The molecule has 3 rings (SSSR count). The second-order valence-corrected chi connectivity index (χ2v) is 10.5. The quantitative estimate of drug-likeness (QED) is 0.221. The first kappa shape index (κ1) is 27.3. The van der Waals surface area contributed by atoms with Crippen molar-refractivity contribution in [2.45, 2.75) is 38.5 Å². The summed E-state index contributed by atoms with van der Waals surface area (Å²) in [6.45, 7) is 10.0. The third-order valence-corrected chi connectivity index (χ3v) is 7.33. The van der Waals surface area contributed by atoms with Gasteiger partial charge in [0, 0.05) is 16.0 Å². The number of aromatic nitrogens is 3. The number of nitrogens with one attached hydrogen (secondary N) is 2. The zero-order chi connectivity index (χ0) is 25.7. The summed E-state index contributed by atoms with van der Waals surface area (Å²) in [4.78, 5) is 25.3. The van der Waals surface area contributed by atoms with Crippen LogP contribution in [0.2, 0.25) is 10.0 Å². The van der Waals surface area contributed by atoms with Crippen LogP contribution in [0.4, 0.5) is 5.69 Å². The predicted octanol–water partition coefficient (Wildman–Crippen LogP) is 6.37. The Bertz CT molecular complexity index is 1280. The van der Waals surface area contributed by atoms with Gasteiger partial charge in [-0.15, -0.1) is 16.8 Å². The van der Waals surface area contributed by atoms with Gasteiger partial charge in [0.25, 0.3) is 5.91 Å². The molecule has 2 aromatic carbocycles. The van der Waals surface area contributed by atoms with Crippen LogP contribution in [0.1, 0.15) is 40.3 Å². The van der Waals surface area contributed by atoms with E-state index in [-0.39, 0.29) is 22.6 Å². The molecule has 3 aromatic rings. The molecule has 1 atom stereocenters. The standard InChI is InChI=1S/C24H24BrCl2N5O2S/c1-5-8-32-22(15(4)28-23(34)17-7-6-16(26)11-19(17)27)30-31-24(32)35-12-21(33)29-20-10-14(3)13(2)9-18(20)25/h5-7,9-11,15H,1,8,12H2,2-4H3,(H,28,34)(H,29,33)/t15-/m1/s1. The van der Waals surface area contributed by atoms with E-state index in [0.717, 1.165) is 15.6 Å². The molecule has 11 heteroatoms. The highest BCUT2D eigenvalue weighted by molar-refractivity contribution is 9.10. The van der Waals surface area contributed by atoms with Gasteiger partial charge in [-0.05, 0) is 78.2 Å². The van der Waals surface area contributed by atoms with Crippen LogP contribution in [0.25, 0.3) is 0 Å². The fourth-order valence-corrected chi connectivity index (χ4v) is 5.04. The molecule has 0 bridgehead atoms. The van der Waals surface area contributed by atoms with Crippen LogP contribution < -0.4 is 10.6 Å². The predicted molar refractivity (Wildman–Crippen MR) is 146 cm³/mol. The van der Waals surface area contributed by atoms with Crippen molar-refractivity contribution >= 4 is 68.4 Å². The molecule has 0 unspecified atom stereocenters. The van der Waals surface area contributed by atoms with Crippen molar-refractivity contribution in [2.75, 3.05) is 11.1 Å². The molecular weight excluding hydrogens is 573 g/mol. The molecule has 1 aromatic heterocycles. The summed E-state index contributed by atoms with van der Waals surface area (Å²) in [5, 5.41) is 15.5. The maximum absolute atomic E-state index is 12.7. The molecule has 0 aliphatic heterocycles. The van der Waals surface area contributed by atoms with E-state index in [1.165, 1.54) is 17.8 Å². The molecular formula is C24H24BrCl2N5O2S. The van der Waals surface area contributed by atoms with Gasteiger partial charge in [-0.1, -0.05) is 41.0 Å². The molecule has 0 radical (unpaired) electrons. The van der Waals surface area contributed by atoms with E-state index in [1.807, 2.05) is 30.5 Å². The van der Waals surface area contributed by atoms with Gasteiger partial charge in [0.1, 0.15) is 0 Å². The Labute approximate surface area is 226 Å². The van der Waals surface area contributed by atoms with Crippen molar-refractivity contribution < 1.29 is 9.59 Å². The maximum Gasteiger partial charge on any atom is 0.253 e. The number of carbonyl (C=O) groups is 2. The lowest BCUT2D eigenvalue weighted by molar-refractivity contribution is -0.113. The molecule has 0 aliphatic rings. The van der Waals surface area contributed by atoms with Crippen molar-refractivity contribution in [3.63, 3.8) is 0 Å². The van der Waals surface area contributed by atoms with Gasteiger partial charge in [0.15, 0.2) is 11.0 Å². The fourth-order valence-electron chi connectivity index (χ4n) is 3.23. The monoisotopic (exact) mass is 595 g/mol. The molecule has 0 fully saturated rings. The lowest BCUT2D eigenvalue weighted by atomic mass is 10.1. The molecule has 184 valence electrons. The highest BCUT2D eigenvalue weighted by Crippen LogP contribution is 2.27. The minimum absolute atomic E-state index is 0.135. The molecule has 35 heavy (non-hydrogen) atoms. The summed E-state index contributed by atoms with van der Waals surface area (Å²) in [7, 11) is 0. The smallest absolute Gasteiger partial charge is 0.253 e. The van der Waals surface area contributed by atoms with Crippen molar-refractivity contribution in [3.05, 3.63) is 80.0 Å². The van der Waals surface area contributed by atoms with Gasteiger partial charge < -0.3 is 15.2 Å². The van der Waals surface area contributed by atoms with Gasteiger partial charge in [0.05, 0.1) is 28.1 Å². The molecule has 0 saturated heterocycles. The highest BCUT2D eigenvalue weighted by atomic mass is 79.9. The number of thioether (sulfide) groups is 1. The van der Waals surface area contributed by atoms with Crippen LogP contribution in [0.3, 0.4) is 0 Å². The van der Waals surface area contributed by atoms with Gasteiger partial charge >= 0.3 is 0 Å². The Morgan fingerprint density at radius 1 is 1.20 bits per heavy atom. The van der Waals surface area contributed by atoms with E-state index in [1.54, 1.807) is 25.1 Å². The second-order valence-electron chi connectivity index (χ2n) is 7.81. The van der Waals surface area contributed by atoms with Crippen LogP contribution >= 0.6 is 50.9 Å². The summed E-state index contributed by atoms with van der Waals surface area (Å²) in [5.41, 5.74) is 3.24. The number of carbonyl (C=O) groups excluding carboxylic acids is 2. The second kappa shape index (κ2) is 12.1. The van der Waals surface area contributed by atoms with Crippen molar-refractivity contribution in [1.82, 2.24) is 20.1 Å². The minimum Gasteiger partial charge on any atom is -0.342 e. The Hall–Kier alpha value is -2.33. The third-order valence-electron chi connectivity index (χ3n) is 5.16. The fraction of sp³-hybridized carbons (Fsp3) is 0.250. The first-order valence-electron chi connectivity index (χ1n) is 10.6. The van der Waals surface area contributed by atoms with Crippen LogP contribution in [-0.2, 0) is 11.3 Å². The number of hydrogen-bond acceptors (Lipinski definition) is 5. The van der Waals surface area contributed by atoms with Gasteiger partial charge in [-0.3, -0.25) is 9.59 Å². The number of halogens is 3. The van der Waals surface area contributed by atoms with E-state index in [4.69, 9.17) is 23.2 Å². The zero-order valence-corrected chi connectivity index (χ0v) is 23.3. The van der Waals surface area contributed by atoms with E-state index in [0.29, 0.717) is 33.8 Å². The number of benzene rings is 2. The molecule has 0 saturated carbocycles. The number of rotatable bonds is 9. The summed E-state index contributed by atoms with van der Waals surface area (Å²) >= 11 is 16.8. The third kappa shape index (κ3) is 6.88. The van der Waals surface area contributed by atoms with Crippen LogP contribution in [0.5, 0.6) is 0 Å². The lowest BCUT2D eigenvalue weighted by Gasteiger charge is -2.16. The summed E-state index contributed by atoms with van der Waals surface area (Å²) in [6, 6.07) is 8.10. The SMILES string of the molecule is C=CCn1c(SCC(=O)Nc2cc(C)c(C)cc2Br)nnc1[C@@H](C)NC(=O)c1ccc(Cl)cc1Cl. The molecule has 2 N–H and O–H groups in total. The molecule has 2 amide bonds. The van der Waals surface area contributed by atoms with E-state index in [9.17, 15) is 9.59 Å². The van der Waals surface area contributed by atoms with Crippen LogP contribution in [0, 0.1) is 13.8 Å². The molecule has 0 aliphatic carbocycles. The molecule has 1 heterocycles. The van der Waals surface area contributed by atoms with E-state index in [2.05, 4.69) is 43.3 Å². The molecule has 0 spiro atoms. The Balaban J connectivity index is 1.69. The van der Waals surface area contributed by atoms with Gasteiger partial charge in [0.2, 0.25) is 5.91 Å². The number of nitrogens with zero attached hydrogens (tertiary/aromatic N) is 3. The van der Waals surface area contributed by atoms with E-state index < -0.39 is 6.04 Å². The highest BCUT2D eigenvalue weighted by Gasteiger charge is 2.21. The van der Waals surface area contributed by atoms with Crippen molar-refractivity contribution in [1.29, 1.82) is 0 Å². The summed E-state index contributed by atoms with van der Waals surface area (Å²) in [6.07, 6.45) is 1.70. The average Bonchev–Trinajstić information content (AvgIpc) is 3.19. The molecule has 7 nitrogen and oxygen atoms in total. The minimum atomic E-state index is -0.476. The lowest BCUT2D eigenvalue weighted by Crippen LogP contribution is -2.29. The topological polar surface area (TPSA) is 88.9 Å². The number of allylic oxidation sites excluding steroid dienone is 1. The first-order chi connectivity index (χ1) is 16.6. The number of hydrogen-bond donors (Lipinski definition) is 2. The van der Waals surface area contributed by atoms with E-state index >= 15 is 0 Å². The average molecular weight is 597 g/mol.